The summed E-state index contributed by atoms with van der Waals surface area (Å²) in [4.78, 5) is 18.9. The number of H-pyrrole nitrogens is 1. The number of rotatable bonds is 4. The molecule has 1 aromatic heterocycles. The highest BCUT2D eigenvalue weighted by Gasteiger charge is 2.18. The molecule has 0 aliphatic rings. The molecule has 1 atom stereocenters. The molecule has 0 spiro atoms. The number of aromatic amines is 1. The quantitative estimate of drug-likeness (QED) is 0.797. The number of aromatic nitrogens is 2. The van der Waals surface area contributed by atoms with Crippen LogP contribution in [-0.4, -0.2) is 22.9 Å². The van der Waals surface area contributed by atoms with Crippen LogP contribution < -0.4 is 11.1 Å². The van der Waals surface area contributed by atoms with E-state index in [0.29, 0.717) is 0 Å². The van der Waals surface area contributed by atoms with Crippen molar-refractivity contribution in [2.45, 2.75) is 38.6 Å². The topological polar surface area (TPSA) is 83.8 Å². The van der Waals surface area contributed by atoms with E-state index >= 15 is 0 Å². The second-order valence-corrected chi connectivity index (χ2v) is 6.12. The fourth-order valence-electron chi connectivity index (χ4n) is 2.20. The molecule has 1 heterocycles. The van der Waals surface area contributed by atoms with Crippen LogP contribution in [0.4, 0.5) is 0 Å². The van der Waals surface area contributed by atoms with Crippen LogP contribution in [0.5, 0.6) is 0 Å². The Morgan fingerprint density at radius 1 is 1.45 bits per heavy atom. The van der Waals surface area contributed by atoms with Crippen LogP contribution in [0.1, 0.15) is 44.6 Å². The van der Waals surface area contributed by atoms with E-state index in [1.165, 1.54) is 5.56 Å². The molecule has 0 radical (unpaired) electrons. The molecule has 0 aliphatic carbocycles. The molecule has 1 amide bonds. The lowest BCUT2D eigenvalue weighted by atomic mass is 9.87. The summed E-state index contributed by atoms with van der Waals surface area (Å²) in [5.41, 5.74) is 8.48. The van der Waals surface area contributed by atoms with Crippen molar-refractivity contribution in [1.29, 1.82) is 0 Å². The van der Waals surface area contributed by atoms with Crippen molar-refractivity contribution >= 4 is 16.9 Å². The Morgan fingerprint density at radius 2 is 2.15 bits per heavy atom. The number of benzene rings is 1. The largest absolute Gasteiger partial charge is 0.370 e. The maximum absolute atomic E-state index is 11.1. The van der Waals surface area contributed by atoms with Gasteiger partial charge in [0.05, 0.1) is 17.1 Å². The van der Waals surface area contributed by atoms with E-state index in [9.17, 15) is 4.79 Å². The van der Waals surface area contributed by atoms with Gasteiger partial charge in [0.25, 0.3) is 0 Å². The average Bonchev–Trinajstić information content (AvgIpc) is 2.76. The smallest absolute Gasteiger partial charge is 0.219 e. The van der Waals surface area contributed by atoms with Gasteiger partial charge in [-0.05, 0) is 30.2 Å². The van der Waals surface area contributed by atoms with Gasteiger partial charge in [-0.1, -0.05) is 26.8 Å². The Kier molecular flexibility index (Phi) is 3.81. The summed E-state index contributed by atoms with van der Waals surface area (Å²) >= 11 is 0. The molecule has 5 nitrogen and oxygen atoms in total. The van der Waals surface area contributed by atoms with E-state index in [0.717, 1.165) is 16.9 Å². The lowest BCUT2D eigenvalue weighted by molar-refractivity contribution is -0.118. The standard InChI is InChI=1S/C15H22N4O/c1-15(2,3)9-5-6-10-11(7-9)19-14(18-10)12(17-4)8-13(16)20/h5-7,12,17H,8H2,1-4H3,(H2,16,20)(H,18,19). The first-order valence-corrected chi connectivity index (χ1v) is 6.77. The van der Waals surface area contributed by atoms with Crippen LogP contribution in [0.3, 0.4) is 0 Å². The van der Waals surface area contributed by atoms with E-state index < -0.39 is 0 Å². The number of carbonyl (C=O) groups is 1. The van der Waals surface area contributed by atoms with E-state index in [1.807, 2.05) is 6.07 Å². The van der Waals surface area contributed by atoms with Crippen molar-refractivity contribution in [2.24, 2.45) is 5.73 Å². The molecule has 2 rings (SSSR count). The van der Waals surface area contributed by atoms with Gasteiger partial charge < -0.3 is 16.0 Å². The Labute approximate surface area is 119 Å². The summed E-state index contributed by atoms with van der Waals surface area (Å²) in [6, 6.07) is 6.03. The molecule has 4 N–H and O–H groups in total. The zero-order chi connectivity index (χ0) is 14.9. The molecule has 108 valence electrons. The van der Waals surface area contributed by atoms with E-state index in [-0.39, 0.29) is 23.8 Å². The van der Waals surface area contributed by atoms with Gasteiger partial charge in [-0.15, -0.1) is 0 Å². The molecule has 20 heavy (non-hydrogen) atoms. The molecule has 0 fully saturated rings. The SMILES string of the molecule is CNC(CC(N)=O)c1nc2ccc(C(C)(C)C)cc2[nH]1. The van der Waals surface area contributed by atoms with Gasteiger partial charge in [-0.3, -0.25) is 4.79 Å². The molecule has 0 bridgehead atoms. The van der Waals surface area contributed by atoms with Gasteiger partial charge in [0.1, 0.15) is 5.82 Å². The molecule has 1 aromatic carbocycles. The molecular weight excluding hydrogens is 252 g/mol. The van der Waals surface area contributed by atoms with Crippen molar-refractivity contribution < 1.29 is 4.79 Å². The highest BCUT2D eigenvalue weighted by atomic mass is 16.1. The molecule has 0 saturated heterocycles. The number of primary amides is 1. The van der Waals surface area contributed by atoms with Gasteiger partial charge >= 0.3 is 0 Å². The number of amides is 1. The van der Waals surface area contributed by atoms with Crippen LogP contribution in [0.15, 0.2) is 18.2 Å². The fourth-order valence-corrected chi connectivity index (χ4v) is 2.20. The van der Waals surface area contributed by atoms with Crippen molar-refractivity contribution in [2.75, 3.05) is 7.05 Å². The van der Waals surface area contributed by atoms with Crippen molar-refractivity contribution in [3.8, 4) is 0 Å². The van der Waals surface area contributed by atoms with Gasteiger partial charge in [-0.25, -0.2) is 4.98 Å². The third-order valence-electron chi connectivity index (χ3n) is 3.45. The monoisotopic (exact) mass is 274 g/mol. The zero-order valence-electron chi connectivity index (χ0n) is 12.4. The van der Waals surface area contributed by atoms with Crippen LogP contribution in [0.25, 0.3) is 11.0 Å². The van der Waals surface area contributed by atoms with Gasteiger partial charge in [0.15, 0.2) is 0 Å². The second-order valence-electron chi connectivity index (χ2n) is 6.12. The predicted octanol–water partition coefficient (Wildman–Crippen LogP) is 2.00. The maximum atomic E-state index is 11.1. The predicted molar refractivity (Wildman–Crippen MR) is 80.4 cm³/mol. The maximum Gasteiger partial charge on any atom is 0.219 e. The Morgan fingerprint density at radius 3 is 2.70 bits per heavy atom. The number of hydrogen-bond acceptors (Lipinski definition) is 3. The lowest BCUT2D eigenvalue weighted by Crippen LogP contribution is -2.24. The second kappa shape index (κ2) is 5.25. The highest BCUT2D eigenvalue weighted by molar-refractivity contribution is 5.77. The van der Waals surface area contributed by atoms with Gasteiger partial charge in [-0.2, -0.15) is 0 Å². The number of imidazole rings is 1. The first kappa shape index (κ1) is 14.5. The summed E-state index contributed by atoms with van der Waals surface area (Å²) in [6.45, 7) is 6.53. The van der Waals surface area contributed by atoms with Crippen molar-refractivity contribution in [1.82, 2.24) is 15.3 Å². The van der Waals surface area contributed by atoms with Crippen LogP contribution in [0.2, 0.25) is 0 Å². The third-order valence-corrected chi connectivity index (χ3v) is 3.45. The third kappa shape index (κ3) is 2.99. The average molecular weight is 274 g/mol. The fraction of sp³-hybridized carbons (Fsp3) is 0.467. The van der Waals surface area contributed by atoms with Crippen LogP contribution >= 0.6 is 0 Å². The van der Waals surface area contributed by atoms with Crippen molar-refractivity contribution in [3.63, 3.8) is 0 Å². The molecule has 0 aliphatic heterocycles. The highest BCUT2D eigenvalue weighted by Crippen LogP contribution is 2.26. The Hall–Kier alpha value is -1.88. The molecule has 1 unspecified atom stereocenters. The Balaban J connectivity index is 2.40. The zero-order valence-corrected chi connectivity index (χ0v) is 12.4. The minimum Gasteiger partial charge on any atom is -0.370 e. The Bertz CT molecular complexity index is 624. The molecule has 5 heteroatoms. The van der Waals surface area contributed by atoms with Crippen molar-refractivity contribution in [3.05, 3.63) is 29.6 Å². The van der Waals surface area contributed by atoms with Crippen LogP contribution in [-0.2, 0) is 10.2 Å². The summed E-state index contributed by atoms with van der Waals surface area (Å²) < 4.78 is 0. The summed E-state index contributed by atoms with van der Waals surface area (Å²) in [5, 5.41) is 3.06. The van der Waals surface area contributed by atoms with E-state index in [4.69, 9.17) is 5.73 Å². The summed E-state index contributed by atoms with van der Waals surface area (Å²) in [6.07, 6.45) is 0.225. The van der Waals surface area contributed by atoms with Gasteiger partial charge in [0.2, 0.25) is 5.91 Å². The summed E-state index contributed by atoms with van der Waals surface area (Å²) in [7, 11) is 1.79. The number of fused-ring (bicyclic) bond motifs is 1. The normalized spacial score (nSPS) is 13.6. The molecule has 0 saturated carbocycles. The molecular formula is C15H22N4O. The van der Waals surface area contributed by atoms with E-state index in [1.54, 1.807) is 7.05 Å². The van der Waals surface area contributed by atoms with Gasteiger partial charge in [0, 0.05) is 6.42 Å². The summed E-state index contributed by atoms with van der Waals surface area (Å²) in [5.74, 6) is 0.396. The molecule has 2 aromatic rings. The first-order chi connectivity index (χ1) is 9.31. The number of nitrogens with one attached hydrogen (secondary N) is 2. The minimum absolute atomic E-state index is 0.0924. The first-order valence-electron chi connectivity index (χ1n) is 6.77. The number of nitrogens with two attached hydrogens (primary N) is 1. The van der Waals surface area contributed by atoms with Crippen LogP contribution in [0, 0.1) is 0 Å². The lowest BCUT2D eigenvalue weighted by Gasteiger charge is -2.18. The number of carbonyl (C=O) groups excluding carboxylic acids is 1. The van der Waals surface area contributed by atoms with E-state index in [2.05, 4.69) is 48.2 Å². The minimum atomic E-state index is -0.347. The number of hydrogen-bond donors (Lipinski definition) is 3. The number of nitrogens with zero attached hydrogens (tertiary/aromatic N) is 1.